The Morgan fingerprint density at radius 2 is 2.35 bits per heavy atom. The molecule has 0 spiro atoms. The van der Waals surface area contributed by atoms with E-state index in [1.807, 2.05) is 0 Å². The van der Waals surface area contributed by atoms with Crippen LogP contribution < -0.4 is 5.32 Å². The van der Waals surface area contributed by atoms with Crippen molar-refractivity contribution in [2.45, 2.75) is 38.1 Å². The molecule has 1 aliphatic rings. The smallest absolute Gasteiger partial charge is 0.253 e. The summed E-state index contributed by atoms with van der Waals surface area (Å²) in [6.45, 7) is 2.21. The Morgan fingerprint density at radius 3 is 3.00 bits per heavy atom. The molecule has 1 fully saturated rings. The van der Waals surface area contributed by atoms with Gasteiger partial charge in [-0.15, -0.1) is 0 Å². The van der Waals surface area contributed by atoms with E-state index in [9.17, 15) is 9.90 Å². The summed E-state index contributed by atoms with van der Waals surface area (Å²) >= 11 is 9.57. The van der Waals surface area contributed by atoms with E-state index in [2.05, 4.69) is 28.2 Å². The molecule has 0 radical (unpaired) electrons. The lowest BCUT2D eigenvalue weighted by Gasteiger charge is -2.39. The summed E-state index contributed by atoms with van der Waals surface area (Å²) in [6.07, 6.45) is 4.24. The minimum Gasteiger partial charge on any atom is -0.508 e. The average Bonchev–Trinajstić information content (AvgIpc) is 2.41. The monoisotopic (exact) mass is 359 g/mol. The molecule has 2 atom stereocenters. The zero-order valence-corrected chi connectivity index (χ0v) is 13.8. The van der Waals surface area contributed by atoms with E-state index in [4.69, 9.17) is 11.6 Å². The van der Waals surface area contributed by atoms with Crippen LogP contribution in [-0.4, -0.2) is 21.9 Å². The number of aromatic hydroxyl groups is 1. The highest BCUT2D eigenvalue weighted by atomic mass is 79.9. The van der Waals surface area contributed by atoms with Gasteiger partial charge in [0.25, 0.3) is 5.91 Å². The molecule has 3 nitrogen and oxygen atoms in total. The van der Waals surface area contributed by atoms with E-state index in [0.717, 1.165) is 24.6 Å². The molecule has 0 bridgehead atoms. The Balaban J connectivity index is 2.19. The summed E-state index contributed by atoms with van der Waals surface area (Å²) in [7, 11) is 0. The van der Waals surface area contributed by atoms with Crippen molar-refractivity contribution >= 4 is 33.4 Å². The fraction of sp³-hybridized carbons (Fsp3) is 0.533. The third kappa shape index (κ3) is 3.47. The third-order valence-electron chi connectivity index (χ3n) is 3.92. The fourth-order valence-corrected chi connectivity index (χ4v) is 3.78. The van der Waals surface area contributed by atoms with Crippen molar-refractivity contribution in [1.29, 1.82) is 0 Å². The van der Waals surface area contributed by atoms with Gasteiger partial charge in [-0.3, -0.25) is 4.79 Å². The molecule has 2 unspecified atom stereocenters. The number of phenolic OH excluding ortho intramolecular Hbond substituents is 1. The highest BCUT2D eigenvalue weighted by molar-refractivity contribution is 9.09. The molecule has 0 saturated heterocycles. The summed E-state index contributed by atoms with van der Waals surface area (Å²) in [5, 5.41) is 13.7. The van der Waals surface area contributed by atoms with Crippen LogP contribution in [0.15, 0.2) is 18.2 Å². The van der Waals surface area contributed by atoms with Crippen molar-refractivity contribution in [2.75, 3.05) is 5.33 Å². The molecular formula is C15H19BrClNO2. The van der Waals surface area contributed by atoms with Gasteiger partial charge in [-0.2, -0.15) is 0 Å². The first kappa shape index (κ1) is 15.6. The van der Waals surface area contributed by atoms with Crippen molar-refractivity contribution in [2.24, 2.45) is 5.92 Å². The maximum absolute atomic E-state index is 12.4. The number of phenols is 1. The molecule has 2 rings (SSSR count). The fourth-order valence-electron chi connectivity index (χ4n) is 2.92. The molecule has 1 aromatic rings. The Morgan fingerprint density at radius 1 is 1.60 bits per heavy atom. The van der Waals surface area contributed by atoms with Crippen LogP contribution in [0.25, 0.3) is 0 Å². The molecule has 1 aliphatic carbocycles. The summed E-state index contributed by atoms with van der Waals surface area (Å²) in [6, 6.07) is 4.42. The molecule has 1 amide bonds. The molecule has 0 aromatic heterocycles. The maximum Gasteiger partial charge on any atom is 0.253 e. The van der Waals surface area contributed by atoms with E-state index in [1.54, 1.807) is 0 Å². The summed E-state index contributed by atoms with van der Waals surface area (Å²) in [4.78, 5) is 12.4. The highest BCUT2D eigenvalue weighted by Gasteiger charge is 2.35. The third-order valence-corrected chi connectivity index (χ3v) is 5.32. The van der Waals surface area contributed by atoms with Crippen LogP contribution in [0.5, 0.6) is 5.75 Å². The van der Waals surface area contributed by atoms with Gasteiger partial charge in [-0.05, 0) is 37.0 Å². The van der Waals surface area contributed by atoms with Gasteiger partial charge in [0, 0.05) is 5.33 Å². The Kier molecular flexibility index (Phi) is 4.97. The van der Waals surface area contributed by atoms with Crippen molar-refractivity contribution in [3.63, 3.8) is 0 Å². The molecule has 1 saturated carbocycles. The van der Waals surface area contributed by atoms with Gasteiger partial charge in [0.1, 0.15) is 5.75 Å². The number of amides is 1. The summed E-state index contributed by atoms with van der Waals surface area (Å²) < 4.78 is 0. The largest absolute Gasteiger partial charge is 0.508 e. The van der Waals surface area contributed by atoms with Crippen molar-refractivity contribution in [3.8, 4) is 5.75 Å². The van der Waals surface area contributed by atoms with E-state index in [1.165, 1.54) is 24.6 Å². The molecular weight excluding hydrogens is 342 g/mol. The van der Waals surface area contributed by atoms with Crippen LogP contribution >= 0.6 is 27.5 Å². The minimum atomic E-state index is -0.223. The number of nitrogens with one attached hydrogen (secondary N) is 1. The van der Waals surface area contributed by atoms with Crippen LogP contribution in [0.2, 0.25) is 5.02 Å². The lowest BCUT2D eigenvalue weighted by molar-refractivity contribution is 0.0869. The summed E-state index contributed by atoms with van der Waals surface area (Å²) in [5.74, 6) is 0.421. The Hall–Kier alpha value is -0.740. The number of carbonyl (C=O) groups excluding carboxylic acids is 1. The second-order valence-electron chi connectivity index (χ2n) is 5.73. The van der Waals surface area contributed by atoms with Crippen molar-refractivity contribution in [1.82, 2.24) is 5.32 Å². The van der Waals surface area contributed by atoms with E-state index in [-0.39, 0.29) is 17.2 Å². The molecule has 2 N–H and O–H groups in total. The van der Waals surface area contributed by atoms with Crippen molar-refractivity contribution in [3.05, 3.63) is 28.8 Å². The lowest BCUT2D eigenvalue weighted by atomic mass is 9.77. The number of hydrogen-bond donors (Lipinski definition) is 2. The predicted molar refractivity (Wildman–Crippen MR) is 84.7 cm³/mol. The molecule has 20 heavy (non-hydrogen) atoms. The molecule has 0 aliphatic heterocycles. The van der Waals surface area contributed by atoms with Gasteiger partial charge in [0.15, 0.2) is 0 Å². The Bertz CT molecular complexity index is 509. The van der Waals surface area contributed by atoms with Gasteiger partial charge in [-0.25, -0.2) is 0 Å². The van der Waals surface area contributed by atoms with Crippen LogP contribution in [0, 0.1) is 5.92 Å². The Labute approximate surface area is 132 Å². The van der Waals surface area contributed by atoms with E-state index >= 15 is 0 Å². The zero-order chi connectivity index (χ0) is 14.8. The van der Waals surface area contributed by atoms with Gasteiger partial charge in [-0.1, -0.05) is 47.3 Å². The lowest BCUT2D eigenvalue weighted by Crippen LogP contribution is -2.52. The average molecular weight is 361 g/mol. The van der Waals surface area contributed by atoms with Crippen LogP contribution in [0.1, 0.15) is 43.0 Å². The summed E-state index contributed by atoms with van der Waals surface area (Å²) in [5.41, 5.74) is 0.106. The first-order chi connectivity index (χ1) is 9.46. The predicted octanol–water partition coefficient (Wildman–Crippen LogP) is 4.12. The molecule has 1 aromatic carbocycles. The normalized spacial score (nSPS) is 26.2. The van der Waals surface area contributed by atoms with Crippen molar-refractivity contribution < 1.29 is 9.90 Å². The number of alkyl halides is 1. The minimum absolute atomic E-state index is 0.0458. The quantitative estimate of drug-likeness (QED) is 0.797. The van der Waals surface area contributed by atoms with E-state index in [0.29, 0.717) is 16.5 Å². The SMILES string of the molecule is CC1CCCC(CBr)(NC(=O)c2cc(O)ccc2Cl)C1. The van der Waals surface area contributed by atoms with E-state index < -0.39 is 0 Å². The molecule has 5 heteroatoms. The zero-order valence-electron chi connectivity index (χ0n) is 11.5. The number of hydrogen-bond acceptors (Lipinski definition) is 2. The number of carbonyl (C=O) groups is 1. The van der Waals surface area contributed by atoms with Gasteiger partial charge < -0.3 is 10.4 Å². The topological polar surface area (TPSA) is 49.3 Å². The number of halogens is 2. The van der Waals surface area contributed by atoms with Crippen LogP contribution in [0.3, 0.4) is 0 Å². The van der Waals surface area contributed by atoms with Gasteiger partial charge in [0.2, 0.25) is 0 Å². The standard InChI is InChI=1S/C15H19BrClNO2/c1-10-3-2-6-15(8-10,9-16)18-14(20)12-7-11(19)4-5-13(12)17/h4-5,7,10,19H,2-3,6,8-9H2,1H3,(H,18,20). The first-order valence-corrected chi connectivity index (χ1v) is 8.33. The molecule has 110 valence electrons. The van der Waals surface area contributed by atoms with Gasteiger partial charge in [0.05, 0.1) is 16.1 Å². The van der Waals surface area contributed by atoms with Crippen LogP contribution in [-0.2, 0) is 0 Å². The highest BCUT2D eigenvalue weighted by Crippen LogP contribution is 2.34. The second-order valence-corrected chi connectivity index (χ2v) is 6.70. The number of benzene rings is 1. The first-order valence-electron chi connectivity index (χ1n) is 6.83. The maximum atomic E-state index is 12.4. The van der Waals surface area contributed by atoms with Gasteiger partial charge >= 0.3 is 0 Å². The molecule has 0 heterocycles. The van der Waals surface area contributed by atoms with Crippen LogP contribution in [0.4, 0.5) is 0 Å². The second kappa shape index (κ2) is 6.35. The number of rotatable bonds is 3.